The minimum Gasteiger partial charge on any atom is -0.494 e. The van der Waals surface area contributed by atoms with Crippen molar-refractivity contribution in [2.75, 3.05) is 44.6 Å². The average molecular weight is 308 g/mol. The SMILES string of the molecule is CCOc1ccc(NC(=O)CN2CCNCC2)c([N+](=O)[O-])c1. The van der Waals surface area contributed by atoms with Gasteiger partial charge in [0.2, 0.25) is 5.91 Å². The Hall–Kier alpha value is -2.19. The number of hydrogen-bond acceptors (Lipinski definition) is 6. The summed E-state index contributed by atoms with van der Waals surface area (Å²) < 4.78 is 5.25. The van der Waals surface area contributed by atoms with Gasteiger partial charge in [0.1, 0.15) is 11.4 Å². The van der Waals surface area contributed by atoms with E-state index in [1.165, 1.54) is 12.1 Å². The van der Waals surface area contributed by atoms with Gasteiger partial charge in [0.05, 0.1) is 24.1 Å². The molecule has 0 radical (unpaired) electrons. The number of nitro benzene ring substituents is 1. The van der Waals surface area contributed by atoms with Crippen LogP contribution in [0.2, 0.25) is 0 Å². The third-order valence-corrected chi connectivity index (χ3v) is 3.33. The second-order valence-corrected chi connectivity index (χ2v) is 4.94. The first kappa shape index (κ1) is 16.2. The topological polar surface area (TPSA) is 96.7 Å². The van der Waals surface area contributed by atoms with Gasteiger partial charge in [-0.25, -0.2) is 0 Å². The zero-order valence-corrected chi connectivity index (χ0v) is 12.5. The van der Waals surface area contributed by atoms with Crippen molar-refractivity contribution in [3.8, 4) is 5.75 Å². The fraction of sp³-hybridized carbons (Fsp3) is 0.500. The molecular weight excluding hydrogens is 288 g/mol. The molecule has 8 heteroatoms. The minimum absolute atomic E-state index is 0.167. The Morgan fingerprint density at radius 3 is 2.82 bits per heavy atom. The molecule has 1 saturated heterocycles. The third kappa shape index (κ3) is 4.40. The number of nitro groups is 1. The molecule has 1 aromatic rings. The van der Waals surface area contributed by atoms with Crippen molar-refractivity contribution in [2.45, 2.75) is 6.92 Å². The maximum absolute atomic E-state index is 12.0. The van der Waals surface area contributed by atoms with Crippen LogP contribution in [0.1, 0.15) is 6.92 Å². The van der Waals surface area contributed by atoms with Gasteiger partial charge in [-0.3, -0.25) is 19.8 Å². The highest BCUT2D eigenvalue weighted by Crippen LogP contribution is 2.29. The number of benzene rings is 1. The Labute approximate surface area is 128 Å². The van der Waals surface area contributed by atoms with Gasteiger partial charge < -0.3 is 15.4 Å². The maximum atomic E-state index is 12.0. The highest BCUT2D eigenvalue weighted by molar-refractivity contribution is 5.94. The first-order chi connectivity index (χ1) is 10.6. The van der Waals surface area contributed by atoms with Gasteiger partial charge in [-0.15, -0.1) is 0 Å². The van der Waals surface area contributed by atoms with Crippen molar-refractivity contribution in [3.63, 3.8) is 0 Å². The Kier molecular flexibility index (Phi) is 5.68. The van der Waals surface area contributed by atoms with Crippen LogP contribution in [0.5, 0.6) is 5.75 Å². The predicted octanol–water partition coefficient (Wildman–Crippen LogP) is 0.837. The van der Waals surface area contributed by atoms with Gasteiger partial charge in [-0.2, -0.15) is 0 Å². The molecule has 0 atom stereocenters. The number of carbonyl (C=O) groups excluding carboxylic acids is 1. The lowest BCUT2D eigenvalue weighted by Gasteiger charge is -2.26. The molecular formula is C14H20N4O4. The second-order valence-electron chi connectivity index (χ2n) is 4.94. The molecule has 8 nitrogen and oxygen atoms in total. The Bertz CT molecular complexity index is 544. The average Bonchev–Trinajstić information content (AvgIpc) is 2.49. The summed E-state index contributed by atoms with van der Waals surface area (Å²) in [6.45, 7) is 5.72. The van der Waals surface area contributed by atoms with Gasteiger partial charge in [-0.05, 0) is 19.1 Å². The normalized spacial score (nSPS) is 15.3. The van der Waals surface area contributed by atoms with Crippen molar-refractivity contribution in [3.05, 3.63) is 28.3 Å². The highest BCUT2D eigenvalue weighted by Gasteiger charge is 2.19. The lowest BCUT2D eigenvalue weighted by molar-refractivity contribution is -0.384. The van der Waals surface area contributed by atoms with Crippen LogP contribution in [0.25, 0.3) is 0 Å². The largest absolute Gasteiger partial charge is 0.494 e. The van der Waals surface area contributed by atoms with Crippen LogP contribution in [0.4, 0.5) is 11.4 Å². The number of nitrogens with one attached hydrogen (secondary N) is 2. The quantitative estimate of drug-likeness (QED) is 0.597. The summed E-state index contributed by atoms with van der Waals surface area (Å²) in [6.07, 6.45) is 0. The molecule has 1 heterocycles. The highest BCUT2D eigenvalue weighted by atomic mass is 16.6. The van der Waals surface area contributed by atoms with E-state index >= 15 is 0 Å². The van der Waals surface area contributed by atoms with Crippen LogP contribution in [0, 0.1) is 10.1 Å². The third-order valence-electron chi connectivity index (χ3n) is 3.33. The molecule has 2 N–H and O–H groups in total. The van der Waals surface area contributed by atoms with Crippen molar-refractivity contribution in [2.24, 2.45) is 0 Å². The number of nitrogens with zero attached hydrogens (tertiary/aromatic N) is 2. The molecule has 0 spiro atoms. The Morgan fingerprint density at radius 1 is 1.45 bits per heavy atom. The molecule has 1 amide bonds. The minimum atomic E-state index is -0.525. The maximum Gasteiger partial charge on any atom is 0.296 e. The van der Waals surface area contributed by atoms with E-state index in [0.717, 1.165) is 26.2 Å². The second kappa shape index (κ2) is 7.71. The summed E-state index contributed by atoms with van der Waals surface area (Å²) in [7, 11) is 0. The van der Waals surface area contributed by atoms with Crippen molar-refractivity contribution < 1.29 is 14.5 Å². The van der Waals surface area contributed by atoms with E-state index in [1.807, 2.05) is 4.90 Å². The number of hydrogen-bond donors (Lipinski definition) is 2. The van der Waals surface area contributed by atoms with Crippen LogP contribution in [0.3, 0.4) is 0 Å². The first-order valence-electron chi connectivity index (χ1n) is 7.24. The molecule has 1 aliphatic rings. The standard InChI is InChI=1S/C14H20N4O4/c1-2-22-11-3-4-12(13(9-11)18(20)21)16-14(19)10-17-7-5-15-6-8-17/h3-4,9,15H,2,5-8,10H2,1H3,(H,16,19). The fourth-order valence-electron chi connectivity index (χ4n) is 2.29. The van der Waals surface area contributed by atoms with Gasteiger partial charge in [0.15, 0.2) is 0 Å². The summed E-state index contributed by atoms with van der Waals surface area (Å²) in [6, 6.07) is 4.43. The molecule has 120 valence electrons. The van der Waals surface area contributed by atoms with E-state index in [2.05, 4.69) is 10.6 Å². The monoisotopic (exact) mass is 308 g/mol. The molecule has 2 rings (SSSR count). The summed E-state index contributed by atoms with van der Waals surface area (Å²) in [5.41, 5.74) is 0.0215. The number of rotatable bonds is 6. The van der Waals surface area contributed by atoms with Gasteiger partial charge in [0, 0.05) is 26.2 Å². The predicted molar refractivity (Wildman–Crippen MR) is 82.2 cm³/mol. The Balaban J connectivity index is 2.04. The van der Waals surface area contributed by atoms with Crippen LogP contribution in [-0.4, -0.2) is 55.1 Å². The molecule has 0 unspecified atom stereocenters. The zero-order valence-electron chi connectivity index (χ0n) is 12.5. The van der Waals surface area contributed by atoms with Crippen molar-refractivity contribution >= 4 is 17.3 Å². The van der Waals surface area contributed by atoms with Crippen LogP contribution < -0.4 is 15.4 Å². The van der Waals surface area contributed by atoms with Crippen LogP contribution in [-0.2, 0) is 4.79 Å². The molecule has 0 saturated carbocycles. The lowest BCUT2D eigenvalue weighted by Crippen LogP contribution is -2.46. The number of amides is 1. The summed E-state index contributed by atoms with van der Waals surface area (Å²) >= 11 is 0. The molecule has 0 bridgehead atoms. The molecule has 0 aliphatic carbocycles. The molecule has 1 aromatic carbocycles. The molecule has 1 aliphatic heterocycles. The van der Waals surface area contributed by atoms with E-state index in [-0.39, 0.29) is 23.8 Å². The number of piperazine rings is 1. The van der Waals surface area contributed by atoms with Crippen molar-refractivity contribution in [1.82, 2.24) is 10.2 Å². The van der Waals surface area contributed by atoms with Gasteiger partial charge in [-0.1, -0.05) is 0 Å². The van der Waals surface area contributed by atoms with Gasteiger partial charge >= 0.3 is 0 Å². The smallest absolute Gasteiger partial charge is 0.296 e. The van der Waals surface area contributed by atoms with E-state index < -0.39 is 4.92 Å². The fourth-order valence-corrected chi connectivity index (χ4v) is 2.29. The van der Waals surface area contributed by atoms with Crippen molar-refractivity contribution in [1.29, 1.82) is 0 Å². The lowest BCUT2D eigenvalue weighted by atomic mass is 10.2. The first-order valence-corrected chi connectivity index (χ1v) is 7.24. The van der Waals surface area contributed by atoms with E-state index in [9.17, 15) is 14.9 Å². The molecule has 22 heavy (non-hydrogen) atoms. The molecule has 0 aromatic heterocycles. The summed E-state index contributed by atoms with van der Waals surface area (Å²) in [5, 5.41) is 16.9. The van der Waals surface area contributed by atoms with Crippen LogP contribution >= 0.6 is 0 Å². The van der Waals surface area contributed by atoms with Gasteiger partial charge in [0.25, 0.3) is 5.69 Å². The number of carbonyl (C=O) groups is 1. The van der Waals surface area contributed by atoms with Crippen LogP contribution in [0.15, 0.2) is 18.2 Å². The number of ether oxygens (including phenoxy) is 1. The van der Waals surface area contributed by atoms with E-state index in [0.29, 0.717) is 12.4 Å². The summed E-state index contributed by atoms with van der Waals surface area (Å²) in [5.74, 6) is 0.156. The summed E-state index contributed by atoms with van der Waals surface area (Å²) in [4.78, 5) is 24.7. The number of anilines is 1. The van der Waals surface area contributed by atoms with E-state index in [1.54, 1.807) is 13.0 Å². The molecule has 1 fully saturated rings. The Morgan fingerprint density at radius 2 is 2.18 bits per heavy atom. The zero-order chi connectivity index (χ0) is 15.9. The van der Waals surface area contributed by atoms with E-state index in [4.69, 9.17) is 4.74 Å².